The molecule has 0 unspecified atom stereocenters. The number of hydrogen-bond donors (Lipinski definition) is 1. The maximum Gasteiger partial charge on any atom is 0.262 e. The Kier molecular flexibility index (Phi) is 5.84. The molecule has 3 rings (SSSR count). The fourth-order valence-corrected chi connectivity index (χ4v) is 3.19. The molecule has 0 bridgehead atoms. The summed E-state index contributed by atoms with van der Waals surface area (Å²) in [5.74, 6) is 0.520. The molecule has 3 heteroatoms. The average molecular weight is 373 g/mol. The molecule has 0 spiro atoms. The standard InChI is InChI=1S/C25H27NO2/c1-18-10-11-19(2)23(16-18)26-24(27)17-28-22-14-12-21(13-15-22)25(3,4)20-8-6-5-7-9-20/h5-16H,17H2,1-4H3,(H,26,27). The van der Waals surface area contributed by atoms with Gasteiger partial charge in [-0.05, 0) is 54.3 Å². The van der Waals surface area contributed by atoms with E-state index in [2.05, 4.69) is 55.6 Å². The molecule has 0 aromatic heterocycles. The van der Waals surface area contributed by atoms with E-state index >= 15 is 0 Å². The minimum atomic E-state index is -0.164. The van der Waals surface area contributed by atoms with Gasteiger partial charge in [0.05, 0.1) is 0 Å². The fourth-order valence-electron chi connectivity index (χ4n) is 3.19. The van der Waals surface area contributed by atoms with Crippen LogP contribution in [0.4, 0.5) is 5.69 Å². The first-order chi connectivity index (χ1) is 13.4. The van der Waals surface area contributed by atoms with Gasteiger partial charge in [-0.25, -0.2) is 0 Å². The lowest BCUT2D eigenvalue weighted by Gasteiger charge is -2.26. The predicted octanol–water partition coefficient (Wildman–Crippen LogP) is 5.65. The Balaban J connectivity index is 1.61. The van der Waals surface area contributed by atoms with Crippen molar-refractivity contribution in [1.82, 2.24) is 0 Å². The summed E-state index contributed by atoms with van der Waals surface area (Å²) in [6, 6.07) is 24.4. The van der Waals surface area contributed by atoms with Crippen LogP contribution in [0.15, 0.2) is 72.8 Å². The average Bonchev–Trinajstić information content (AvgIpc) is 2.70. The molecule has 3 nitrogen and oxygen atoms in total. The van der Waals surface area contributed by atoms with E-state index in [0.717, 1.165) is 16.8 Å². The van der Waals surface area contributed by atoms with Crippen molar-refractivity contribution in [2.24, 2.45) is 0 Å². The molecule has 0 aliphatic rings. The summed E-state index contributed by atoms with van der Waals surface area (Å²) in [4.78, 5) is 12.2. The normalized spacial score (nSPS) is 11.1. The zero-order chi connectivity index (χ0) is 20.1. The highest BCUT2D eigenvalue weighted by molar-refractivity contribution is 5.92. The van der Waals surface area contributed by atoms with Gasteiger partial charge in [-0.1, -0.05) is 68.4 Å². The van der Waals surface area contributed by atoms with Crippen LogP contribution in [0.1, 0.15) is 36.1 Å². The van der Waals surface area contributed by atoms with Gasteiger partial charge in [-0.2, -0.15) is 0 Å². The molecule has 0 saturated heterocycles. The highest BCUT2D eigenvalue weighted by atomic mass is 16.5. The minimum absolute atomic E-state index is 0.0190. The first kappa shape index (κ1) is 19.7. The van der Waals surface area contributed by atoms with Crippen molar-refractivity contribution in [1.29, 1.82) is 0 Å². The molecular formula is C25H27NO2. The van der Waals surface area contributed by atoms with Crippen LogP contribution in [0.5, 0.6) is 5.75 Å². The number of nitrogens with one attached hydrogen (secondary N) is 1. The third kappa shape index (κ3) is 4.61. The number of aryl methyl sites for hydroxylation is 2. The van der Waals surface area contributed by atoms with Crippen LogP contribution in [-0.2, 0) is 10.2 Å². The predicted molar refractivity (Wildman–Crippen MR) is 115 cm³/mol. The van der Waals surface area contributed by atoms with Crippen molar-refractivity contribution >= 4 is 11.6 Å². The quantitative estimate of drug-likeness (QED) is 0.606. The zero-order valence-electron chi connectivity index (χ0n) is 17.0. The highest BCUT2D eigenvalue weighted by Gasteiger charge is 2.22. The molecule has 0 atom stereocenters. The van der Waals surface area contributed by atoms with Crippen molar-refractivity contribution in [3.05, 3.63) is 95.1 Å². The molecule has 0 fully saturated rings. The SMILES string of the molecule is Cc1ccc(C)c(NC(=O)COc2ccc(C(C)(C)c3ccccc3)cc2)c1. The Hall–Kier alpha value is -3.07. The van der Waals surface area contributed by atoms with Gasteiger partial charge in [-0.3, -0.25) is 4.79 Å². The third-order valence-electron chi connectivity index (χ3n) is 5.11. The summed E-state index contributed by atoms with van der Waals surface area (Å²) >= 11 is 0. The molecule has 0 aliphatic carbocycles. The molecule has 1 amide bonds. The highest BCUT2D eigenvalue weighted by Crippen LogP contribution is 2.32. The summed E-state index contributed by atoms with van der Waals surface area (Å²) in [5, 5.41) is 2.91. The Labute approximate surface area is 167 Å². The molecule has 3 aromatic carbocycles. The number of anilines is 1. The first-order valence-corrected chi connectivity index (χ1v) is 9.52. The summed E-state index contributed by atoms with van der Waals surface area (Å²) in [7, 11) is 0. The molecule has 1 N–H and O–H groups in total. The van der Waals surface area contributed by atoms with Crippen molar-refractivity contribution in [3.63, 3.8) is 0 Å². The molecule has 0 heterocycles. The Morgan fingerprint density at radius 3 is 2.21 bits per heavy atom. The fraction of sp³-hybridized carbons (Fsp3) is 0.240. The monoisotopic (exact) mass is 373 g/mol. The van der Waals surface area contributed by atoms with Crippen LogP contribution in [0.2, 0.25) is 0 Å². The summed E-state index contributed by atoms with van der Waals surface area (Å²) in [6.07, 6.45) is 0. The zero-order valence-corrected chi connectivity index (χ0v) is 17.0. The molecular weight excluding hydrogens is 346 g/mol. The van der Waals surface area contributed by atoms with Crippen LogP contribution in [0.25, 0.3) is 0 Å². The number of amides is 1. The largest absolute Gasteiger partial charge is 0.484 e. The number of carbonyl (C=O) groups excluding carboxylic acids is 1. The van der Waals surface area contributed by atoms with Gasteiger partial charge in [0.25, 0.3) is 5.91 Å². The molecule has 0 saturated carbocycles. The molecule has 0 aliphatic heterocycles. The van der Waals surface area contributed by atoms with Gasteiger partial charge in [0.15, 0.2) is 6.61 Å². The van der Waals surface area contributed by atoms with Crippen molar-refractivity contribution < 1.29 is 9.53 Å². The van der Waals surface area contributed by atoms with Crippen LogP contribution < -0.4 is 10.1 Å². The van der Waals surface area contributed by atoms with E-state index < -0.39 is 0 Å². The second-order valence-corrected chi connectivity index (χ2v) is 7.67. The Morgan fingerprint density at radius 2 is 1.54 bits per heavy atom. The Morgan fingerprint density at radius 1 is 0.893 bits per heavy atom. The van der Waals surface area contributed by atoms with Gasteiger partial charge < -0.3 is 10.1 Å². The lowest BCUT2D eigenvalue weighted by atomic mass is 9.78. The van der Waals surface area contributed by atoms with E-state index in [4.69, 9.17) is 4.74 Å². The van der Waals surface area contributed by atoms with Crippen molar-refractivity contribution in [3.8, 4) is 5.75 Å². The maximum absolute atomic E-state index is 12.2. The number of rotatable bonds is 6. The van der Waals surface area contributed by atoms with Gasteiger partial charge >= 0.3 is 0 Å². The molecule has 3 aromatic rings. The third-order valence-corrected chi connectivity index (χ3v) is 5.11. The van der Waals surface area contributed by atoms with Gasteiger partial charge in [-0.15, -0.1) is 0 Å². The van der Waals surface area contributed by atoms with E-state index in [1.807, 2.05) is 50.2 Å². The lowest BCUT2D eigenvalue weighted by molar-refractivity contribution is -0.118. The van der Waals surface area contributed by atoms with Crippen molar-refractivity contribution in [2.45, 2.75) is 33.1 Å². The molecule has 0 radical (unpaired) electrons. The number of ether oxygens (including phenoxy) is 1. The second-order valence-electron chi connectivity index (χ2n) is 7.67. The number of hydrogen-bond acceptors (Lipinski definition) is 2. The van der Waals surface area contributed by atoms with Gasteiger partial charge in [0.2, 0.25) is 0 Å². The van der Waals surface area contributed by atoms with Crippen LogP contribution in [-0.4, -0.2) is 12.5 Å². The van der Waals surface area contributed by atoms with Crippen LogP contribution >= 0.6 is 0 Å². The summed E-state index contributed by atoms with van der Waals surface area (Å²) in [6.45, 7) is 8.37. The molecule has 28 heavy (non-hydrogen) atoms. The van der Waals surface area contributed by atoms with Crippen molar-refractivity contribution in [2.75, 3.05) is 11.9 Å². The van der Waals surface area contributed by atoms with E-state index in [0.29, 0.717) is 5.75 Å². The summed E-state index contributed by atoms with van der Waals surface area (Å²) in [5.41, 5.74) is 5.33. The van der Waals surface area contributed by atoms with E-state index in [9.17, 15) is 4.79 Å². The van der Waals surface area contributed by atoms with Crippen LogP contribution in [0.3, 0.4) is 0 Å². The van der Waals surface area contributed by atoms with Crippen LogP contribution in [0, 0.1) is 13.8 Å². The number of carbonyl (C=O) groups is 1. The van der Waals surface area contributed by atoms with E-state index in [-0.39, 0.29) is 17.9 Å². The van der Waals surface area contributed by atoms with Gasteiger partial charge in [0.1, 0.15) is 5.75 Å². The van der Waals surface area contributed by atoms with Gasteiger partial charge in [0, 0.05) is 11.1 Å². The molecule has 144 valence electrons. The Bertz CT molecular complexity index is 944. The minimum Gasteiger partial charge on any atom is -0.484 e. The second kappa shape index (κ2) is 8.30. The maximum atomic E-state index is 12.2. The van der Waals surface area contributed by atoms with E-state index in [1.54, 1.807) is 0 Å². The first-order valence-electron chi connectivity index (χ1n) is 9.52. The number of benzene rings is 3. The summed E-state index contributed by atoms with van der Waals surface area (Å²) < 4.78 is 5.67. The topological polar surface area (TPSA) is 38.3 Å². The van der Waals surface area contributed by atoms with E-state index in [1.165, 1.54) is 11.1 Å². The lowest BCUT2D eigenvalue weighted by Crippen LogP contribution is -2.21. The smallest absolute Gasteiger partial charge is 0.262 e.